The van der Waals surface area contributed by atoms with Gasteiger partial charge in [0.25, 0.3) is 0 Å². The zero-order valence-corrected chi connectivity index (χ0v) is 13.0. The minimum atomic E-state index is -0.232. The lowest BCUT2D eigenvalue weighted by atomic mass is 9.80. The first-order valence-corrected chi connectivity index (χ1v) is 8.91. The molecule has 3 N–H and O–H groups in total. The van der Waals surface area contributed by atoms with Crippen molar-refractivity contribution >= 4 is 17.7 Å². The smallest absolute Gasteiger partial charge is 0.221 e. The van der Waals surface area contributed by atoms with Crippen molar-refractivity contribution in [3.05, 3.63) is 0 Å². The highest BCUT2D eigenvalue weighted by atomic mass is 32.2. The Labute approximate surface area is 121 Å². The highest BCUT2D eigenvalue weighted by molar-refractivity contribution is 8.00. The number of amides is 1. The van der Waals surface area contributed by atoms with E-state index in [0.29, 0.717) is 11.2 Å². The van der Waals surface area contributed by atoms with Crippen molar-refractivity contribution in [3.63, 3.8) is 0 Å². The second-order valence-electron chi connectivity index (χ2n) is 6.47. The minimum Gasteiger partial charge on any atom is -0.355 e. The van der Waals surface area contributed by atoms with Crippen LogP contribution in [-0.4, -0.2) is 29.0 Å². The number of thioether (sulfide) groups is 1. The molecule has 0 heterocycles. The molecule has 19 heavy (non-hydrogen) atoms. The molecule has 0 spiro atoms. The maximum atomic E-state index is 12.1. The number of carbonyl (C=O) groups excluding carboxylic acids is 1. The van der Waals surface area contributed by atoms with Gasteiger partial charge < -0.3 is 11.1 Å². The fourth-order valence-electron chi connectivity index (χ4n) is 3.55. The maximum absolute atomic E-state index is 12.1. The van der Waals surface area contributed by atoms with Gasteiger partial charge in [-0.2, -0.15) is 11.8 Å². The molecule has 0 aromatic carbocycles. The van der Waals surface area contributed by atoms with E-state index < -0.39 is 0 Å². The lowest BCUT2D eigenvalue weighted by Crippen LogP contribution is -2.47. The largest absolute Gasteiger partial charge is 0.355 e. The molecule has 0 bridgehead atoms. The molecule has 2 aliphatic carbocycles. The van der Waals surface area contributed by atoms with Crippen molar-refractivity contribution in [2.45, 2.75) is 74.5 Å². The van der Waals surface area contributed by atoms with Crippen LogP contribution in [0.4, 0.5) is 0 Å². The Kier molecular flexibility index (Phi) is 5.18. The van der Waals surface area contributed by atoms with E-state index in [2.05, 4.69) is 11.6 Å². The molecule has 0 radical (unpaired) electrons. The SMILES string of the molecule is CSC1(CNC(=O)CC2(N)CCCCC2)CCCC1. The molecule has 0 saturated heterocycles. The zero-order chi connectivity index (χ0) is 13.8. The summed E-state index contributed by atoms with van der Waals surface area (Å²) in [7, 11) is 0. The van der Waals surface area contributed by atoms with Crippen LogP contribution < -0.4 is 11.1 Å². The second-order valence-corrected chi connectivity index (χ2v) is 7.75. The van der Waals surface area contributed by atoms with Crippen molar-refractivity contribution in [3.8, 4) is 0 Å². The van der Waals surface area contributed by atoms with Crippen molar-refractivity contribution in [1.82, 2.24) is 5.32 Å². The fourth-order valence-corrected chi connectivity index (χ4v) is 4.46. The van der Waals surface area contributed by atoms with Crippen LogP contribution in [0.15, 0.2) is 0 Å². The van der Waals surface area contributed by atoms with Gasteiger partial charge in [-0.3, -0.25) is 4.79 Å². The molecule has 2 rings (SSSR count). The van der Waals surface area contributed by atoms with E-state index in [-0.39, 0.29) is 11.4 Å². The van der Waals surface area contributed by atoms with Crippen LogP contribution in [0.5, 0.6) is 0 Å². The van der Waals surface area contributed by atoms with Gasteiger partial charge in [0, 0.05) is 23.3 Å². The molecule has 110 valence electrons. The van der Waals surface area contributed by atoms with E-state index in [1.165, 1.54) is 44.9 Å². The summed E-state index contributed by atoms with van der Waals surface area (Å²) in [5.74, 6) is 0.157. The first kappa shape index (κ1) is 15.2. The molecule has 2 saturated carbocycles. The van der Waals surface area contributed by atoms with Crippen LogP contribution in [0, 0.1) is 0 Å². The number of hydrogen-bond acceptors (Lipinski definition) is 3. The van der Waals surface area contributed by atoms with Crippen molar-refractivity contribution in [2.24, 2.45) is 5.73 Å². The third kappa shape index (κ3) is 4.12. The highest BCUT2D eigenvalue weighted by Gasteiger charge is 2.34. The Morgan fingerprint density at radius 1 is 1.11 bits per heavy atom. The van der Waals surface area contributed by atoms with Gasteiger partial charge in [-0.1, -0.05) is 32.1 Å². The number of rotatable bonds is 5. The van der Waals surface area contributed by atoms with E-state index in [1.807, 2.05) is 11.8 Å². The molecule has 0 aromatic rings. The summed E-state index contributed by atoms with van der Waals surface area (Å²) in [4.78, 5) is 12.1. The molecule has 1 amide bonds. The van der Waals surface area contributed by atoms with E-state index in [0.717, 1.165) is 19.4 Å². The third-order valence-electron chi connectivity index (χ3n) is 4.92. The van der Waals surface area contributed by atoms with E-state index in [4.69, 9.17) is 5.73 Å². The first-order valence-electron chi connectivity index (χ1n) is 7.68. The van der Waals surface area contributed by atoms with Gasteiger partial charge in [0.05, 0.1) is 0 Å². The number of nitrogens with two attached hydrogens (primary N) is 1. The molecule has 2 fully saturated rings. The zero-order valence-electron chi connectivity index (χ0n) is 12.2. The Morgan fingerprint density at radius 3 is 2.26 bits per heavy atom. The fraction of sp³-hybridized carbons (Fsp3) is 0.933. The normalized spacial score (nSPS) is 25.2. The second kappa shape index (κ2) is 6.49. The predicted octanol–water partition coefficient (Wildman–Crippen LogP) is 2.83. The lowest BCUT2D eigenvalue weighted by molar-refractivity contribution is -0.122. The summed E-state index contributed by atoms with van der Waals surface area (Å²) in [6.07, 6.45) is 13.4. The molecule has 0 aliphatic heterocycles. The molecule has 4 heteroatoms. The van der Waals surface area contributed by atoms with Crippen molar-refractivity contribution in [2.75, 3.05) is 12.8 Å². The van der Waals surface area contributed by atoms with Gasteiger partial charge in [-0.25, -0.2) is 0 Å². The van der Waals surface area contributed by atoms with Crippen LogP contribution >= 0.6 is 11.8 Å². The van der Waals surface area contributed by atoms with E-state index in [1.54, 1.807) is 0 Å². The average Bonchev–Trinajstić information content (AvgIpc) is 2.86. The monoisotopic (exact) mass is 284 g/mol. The first-order chi connectivity index (χ1) is 9.08. The van der Waals surface area contributed by atoms with Crippen LogP contribution in [0.25, 0.3) is 0 Å². The summed E-state index contributed by atoms with van der Waals surface area (Å²) >= 11 is 1.92. The van der Waals surface area contributed by atoms with E-state index >= 15 is 0 Å². The van der Waals surface area contributed by atoms with Gasteiger partial charge in [-0.15, -0.1) is 0 Å². The maximum Gasteiger partial charge on any atom is 0.221 e. The Morgan fingerprint density at radius 2 is 1.68 bits per heavy atom. The van der Waals surface area contributed by atoms with Crippen LogP contribution in [-0.2, 0) is 4.79 Å². The minimum absolute atomic E-state index is 0.157. The molecule has 0 atom stereocenters. The van der Waals surface area contributed by atoms with Gasteiger partial charge >= 0.3 is 0 Å². The van der Waals surface area contributed by atoms with Gasteiger partial charge in [0.1, 0.15) is 0 Å². The molecular weight excluding hydrogens is 256 g/mol. The third-order valence-corrected chi connectivity index (χ3v) is 6.34. The number of carbonyl (C=O) groups is 1. The molecule has 0 unspecified atom stereocenters. The van der Waals surface area contributed by atoms with Gasteiger partial charge in [-0.05, 0) is 31.9 Å². The standard InChI is InChI=1S/C15H28N2OS/c1-19-15(9-5-6-10-15)12-17-13(18)11-14(16)7-3-2-4-8-14/h2-12,16H2,1H3,(H,17,18). The predicted molar refractivity (Wildman–Crippen MR) is 82.3 cm³/mol. The Bertz CT molecular complexity index is 307. The Balaban J connectivity index is 1.77. The summed E-state index contributed by atoms with van der Waals surface area (Å²) in [6, 6.07) is 0. The van der Waals surface area contributed by atoms with E-state index in [9.17, 15) is 4.79 Å². The molecule has 2 aliphatic rings. The molecule has 3 nitrogen and oxygen atoms in total. The quantitative estimate of drug-likeness (QED) is 0.816. The van der Waals surface area contributed by atoms with Crippen LogP contribution in [0.1, 0.15) is 64.2 Å². The van der Waals surface area contributed by atoms with Gasteiger partial charge in [0.15, 0.2) is 0 Å². The summed E-state index contributed by atoms with van der Waals surface area (Å²) in [5, 5.41) is 3.15. The van der Waals surface area contributed by atoms with Crippen LogP contribution in [0.2, 0.25) is 0 Å². The summed E-state index contributed by atoms with van der Waals surface area (Å²) in [5.41, 5.74) is 6.11. The summed E-state index contributed by atoms with van der Waals surface area (Å²) in [6.45, 7) is 0.822. The lowest BCUT2D eigenvalue weighted by Gasteiger charge is -2.33. The van der Waals surface area contributed by atoms with Crippen molar-refractivity contribution in [1.29, 1.82) is 0 Å². The summed E-state index contributed by atoms with van der Waals surface area (Å²) < 4.78 is 0.296. The molecule has 0 aromatic heterocycles. The number of hydrogen-bond donors (Lipinski definition) is 2. The highest BCUT2D eigenvalue weighted by Crippen LogP contribution is 2.39. The van der Waals surface area contributed by atoms with Gasteiger partial charge in [0.2, 0.25) is 5.91 Å². The Hall–Kier alpha value is -0.220. The number of nitrogens with one attached hydrogen (secondary N) is 1. The van der Waals surface area contributed by atoms with Crippen LogP contribution in [0.3, 0.4) is 0 Å². The topological polar surface area (TPSA) is 55.1 Å². The van der Waals surface area contributed by atoms with Crippen molar-refractivity contribution < 1.29 is 4.79 Å². The molecular formula is C15H28N2OS. The average molecular weight is 284 g/mol.